The molecule has 0 heterocycles. The van der Waals surface area contributed by atoms with Crippen molar-refractivity contribution in [1.29, 1.82) is 0 Å². The van der Waals surface area contributed by atoms with Crippen LogP contribution in [0.3, 0.4) is 0 Å². The molecule has 3 aromatic carbocycles. The Hall–Kier alpha value is -2.72. The lowest BCUT2D eigenvalue weighted by atomic mass is 10.1. The van der Waals surface area contributed by atoms with Gasteiger partial charge in [0, 0.05) is 11.1 Å². The Morgan fingerprint density at radius 3 is 2.20 bits per heavy atom. The summed E-state index contributed by atoms with van der Waals surface area (Å²) in [5.41, 5.74) is 3.49. The van der Waals surface area contributed by atoms with Gasteiger partial charge in [-0.25, -0.2) is 0 Å². The number of aryl methyl sites for hydroxylation is 1. The van der Waals surface area contributed by atoms with Crippen LogP contribution in [0.5, 0.6) is 5.75 Å². The topological polar surface area (TPSA) is 9.23 Å². The van der Waals surface area contributed by atoms with E-state index >= 15 is 0 Å². The third kappa shape index (κ3) is 4.64. The highest BCUT2D eigenvalue weighted by Crippen LogP contribution is 2.22. The Labute approximate surface area is 150 Å². The van der Waals surface area contributed by atoms with Gasteiger partial charge in [0.15, 0.2) is 0 Å². The first-order chi connectivity index (χ1) is 12.3. The number of fused-ring (bicyclic) bond motifs is 1. The highest BCUT2D eigenvalue weighted by atomic mass is 16.5. The smallest absolute Gasteiger partial charge is 0.119 e. The predicted octanol–water partition coefficient (Wildman–Crippen LogP) is 5.98. The van der Waals surface area contributed by atoms with Crippen LogP contribution in [0.4, 0.5) is 0 Å². The van der Waals surface area contributed by atoms with E-state index in [1.165, 1.54) is 29.2 Å². The van der Waals surface area contributed by atoms with Crippen LogP contribution in [-0.2, 0) is 6.42 Å². The van der Waals surface area contributed by atoms with Crippen LogP contribution in [0.25, 0.3) is 10.8 Å². The van der Waals surface area contributed by atoms with Crippen LogP contribution >= 0.6 is 0 Å². The quantitative estimate of drug-likeness (QED) is 0.523. The summed E-state index contributed by atoms with van der Waals surface area (Å²) in [4.78, 5) is 0. The largest absolute Gasteiger partial charge is 0.494 e. The maximum atomic E-state index is 5.56. The SMILES string of the molecule is CCCCc1ccc(C#Cc2ccc3cc(OCC)ccc3c2)cc1. The highest BCUT2D eigenvalue weighted by molar-refractivity contribution is 5.85. The highest BCUT2D eigenvalue weighted by Gasteiger charge is 1.98. The van der Waals surface area contributed by atoms with E-state index in [4.69, 9.17) is 4.74 Å². The van der Waals surface area contributed by atoms with Crippen molar-refractivity contribution in [3.8, 4) is 17.6 Å². The van der Waals surface area contributed by atoms with E-state index in [9.17, 15) is 0 Å². The predicted molar refractivity (Wildman–Crippen MR) is 106 cm³/mol. The lowest BCUT2D eigenvalue weighted by Crippen LogP contribution is -1.90. The molecule has 0 aromatic heterocycles. The normalized spacial score (nSPS) is 10.3. The molecule has 0 N–H and O–H groups in total. The van der Waals surface area contributed by atoms with E-state index in [2.05, 4.69) is 73.4 Å². The fourth-order valence-electron chi connectivity index (χ4n) is 2.84. The Morgan fingerprint density at radius 2 is 1.44 bits per heavy atom. The molecule has 0 aliphatic heterocycles. The van der Waals surface area contributed by atoms with Crippen LogP contribution in [0.1, 0.15) is 43.4 Å². The first-order valence-corrected chi connectivity index (χ1v) is 9.06. The summed E-state index contributed by atoms with van der Waals surface area (Å²) in [6, 6.07) is 21.1. The molecule has 0 aliphatic rings. The molecular weight excluding hydrogens is 304 g/mol. The van der Waals surface area contributed by atoms with Crippen molar-refractivity contribution in [1.82, 2.24) is 0 Å². The zero-order chi connectivity index (χ0) is 17.5. The van der Waals surface area contributed by atoms with Gasteiger partial charge in [0.1, 0.15) is 5.75 Å². The molecule has 0 atom stereocenters. The summed E-state index contributed by atoms with van der Waals surface area (Å²) in [5.74, 6) is 7.45. The second-order valence-electron chi connectivity index (χ2n) is 6.21. The average Bonchev–Trinajstić information content (AvgIpc) is 2.65. The first kappa shape index (κ1) is 17.1. The summed E-state index contributed by atoms with van der Waals surface area (Å²) < 4.78 is 5.56. The summed E-state index contributed by atoms with van der Waals surface area (Å²) in [6.45, 7) is 4.91. The van der Waals surface area contributed by atoms with Gasteiger partial charge in [0.05, 0.1) is 6.61 Å². The van der Waals surface area contributed by atoms with Crippen LogP contribution in [0, 0.1) is 11.8 Å². The van der Waals surface area contributed by atoms with E-state index in [0.717, 1.165) is 23.3 Å². The third-order valence-electron chi connectivity index (χ3n) is 4.25. The van der Waals surface area contributed by atoms with Gasteiger partial charge in [-0.05, 0) is 72.5 Å². The molecule has 0 saturated heterocycles. The maximum absolute atomic E-state index is 5.56. The van der Waals surface area contributed by atoms with Crippen molar-refractivity contribution in [2.75, 3.05) is 6.61 Å². The van der Waals surface area contributed by atoms with Gasteiger partial charge < -0.3 is 4.74 Å². The summed E-state index contributed by atoms with van der Waals surface area (Å²) in [7, 11) is 0. The molecule has 3 aromatic rings. The van der Waals surface area contributed by atoms with E-state index in [1.807, 2.05) is 13.0 Å². The van der Waals surface area contributed by atoms with Crippen molar-refractivity contribution in [2.45, 2.75) is 33.1 Å². The Balaban J connectivity index is 1.76. The van der Waals surface area contributed by atoms with E-state index in [0.29, 0.717) is 6.61 Å². The molecule has 3 rings (SSSR count). The number of unbranched alkanes of at least 4 members (excludes halogenated alkanes) is 1. The van der Waals surface area contributed by atoms with Gasteiger partial charge in [-0.3, -0.25) is 0 Å². The van der Waals surface area contributed by atoms with Gasteiger partial charge in [-0.15, -0.1) is 0 Å². The minimum Gasteiger partial charge on any atom is -0.494 e. The van der Waals surface area contributed by atoms with Crippen LogP contribution in [-0.4, -0.2) is 6.61 Å². The van der Waals surface area contributed by atoms with Crippen LogP contribution in [0.2, 0.25) is 0 Å². The molecule has 0 unspecified atom stereocenters. The van der Waals surface area contributed by atoms with Gasteiger partial charge in [-0.1, -0.05) is 49.5 Å². The Morgan fingerprint density at radius 1 is 0.760 bits per heavy atom. The first-order valence-electron chi connectivity index (χ1n) is 9.06. The van der Waals surface area contributed by atoms with Crippen LogP contribution in [0.15, 0.2) is 60.7 Å². The van der Waals surface area contributed by atoms with Crippen molar-refractivity contribution >= 4 is 10.8 Å². The lowest BCUT2D eigenvalue weighted by Gasteiger charge is -2.04. The zero-order valence-corrected chi connectivity index (χ0v) is 15.0. The summed E-state index contributed by atoms with van der Waals surface area (Å²) in [6.07, 6.45) is 3.63. The molecular formula is C24H24O. The van der Waals surface area contributed by atoms with E-state index < -0.39 is 0 Å². The van der Waals surface area contributed by atoms with Gasteiger partial charge in [-0.2, -0.15) is 0 Å². The molecule has 0 fully saturated rings. The van der Waals surface area contributed by atoms with Crippen LogP contribution < -0.4 is 4.74 Å². The van der Waals surface area contributed by atoms with Crippen molar-refractivity contribution in [3.63, 3.8) is 0 Å². The number of benzene rings is 3. The standard InChI is InChI=1S/C24H24O/c1-3-5-6-19-7-9-20(10-8-19)11-12-21-13-14-23-18-24(25-4-2)16-15-22(23)17-21/h7-10,13-18H,3-6H2,1-2H3. The number of ether oxygens (including phenoxy) is 1. The van der Waals surface area contributed by atoms with Gasteiger partial charge in [0.25, 0.3) is 0 Å². The molecule has 1 nitrogen and oxygen atoms in total. The van der Waals surface area contributed by atoms with Crippen molar-refractivity contribution < 1.29 is 4.74 Å². The van der Waals surface area contributed by atoms with Gasteiger partial charge >= 0.3 is 0 Å². The summed E-state index contributed by atoms with van der Waals surface area (Å²) >= 11 is 0. The van der Waals surface area contributed by atoms with E-state index in [-0.39, 0.29) is 0 Å². The van der Waals surface area contributed by atoms with Crippen molar-refractivity contribution in [2.24, 2.45) is 0 Å². The minimum atomic E-state index is 0.687. The molecule has 0 saturated carbocycles. The molecule has 25 heavy (non-hydrogen) atoms. The minimum absolute atomic E-state index is 0.687. The second-order valence-corrected chi connectivity index (χ2v) is 6.21. The Kier molecular flexibility index (Phi) is 5.75. The number of rotatable bonds is 5. The molecule has 0 amide bonds. The fraction of sp³-hybridized carbons (Fsp3) is 0.250. The monoisotopic (exact) mass is 328 g/mol. The molecule has 1 heteroatoms. The number of hydrogen-bond acceptors (Lipinski definition) is 1. The molecule has 0 aliphatic carbocycles. The zero-order valence-electron chi connectivity index (χ0n) is 15.0. The number of hydrogen-bond donors (Lipinski definition) is 0. The summed E-state index contributed by atoms with van der Waals surface area (Å²) in [5, 5.41) is 2.36. The maximum Gasteiger partial charge on any atom is 0.119 e. The molecule has 0 spiro atoms. The molecule has 126 valence electrons. The van der Waals surface area contributed by atoms with Crippen molar-refractivity contribution in [3.05, 3.63) is 77.4 Å². The van der Waals surface area contributed by atoms with E-state index in [1.54, 1.807) is 0 Å². The third-order valence-corrected chi connectivity index (χ3v) is 4.25. The molecule has 0 radical (unpaired) electrons. The van der Waals surface area contributed by atoms with Gasteiger partial charge in [0.2, 0.25) is 0 Å². The average molecular weight is 328 g/mol. The second kappa shape index (κ2) is 8.40. The lowest BCUT2D eigenvalue weighted by molar-refractivity contribution is 0.341. The Bertz CT molecular complexity index is 895. The fourth-order valence-corrected chi connectivity index (χ4v) is 2.84. The molecule has 0 bridgehead atoms.